The Hall–Kier alpha value is -3.81. The summed E-state index contributed by atoms with van der Waals surface area (Å²) in [7, 11) is 2.10. The van der Waals surface area contributed by atoms with E-state index >= 15 is 0 Å². The van der Waals surface area contributed by atoms with Gasteiger partial charge in [-0.2, -0.15) is 0 Å². The Morgan fingerprint density at radius 3 is 2.41 bits per heavy atom. The zero-order valence-electron chi connectivity index (χ0n) is 19.2. The number of likely N-dealkylation sites (N-methyl/N-ethyl adjacent to an activating group) is 1. The van der Waals surface area contributed by atoms with E-state index in [-0.39, 0.29) is 5.78 Å². The van der Waals surface area contributed by atoms with Gasteiger partial charge in [0.05, 0.1) is 12.2 Å². The highest BCUT2D eigenvalue weighted by atomic mass is 16.6. The molecule has 0 unspecified atom stereocenters. The van der Waals surface area contributed by atoms with Crippen LogP contribution in [0.25, 0.3) is 0 Å². The number of benzene rings is 3. The highest BCUT2D eigenvalue weighted by molar-refractivity contribution is 5.98. The first-order valence-corrected chi connectivity index (χ1v) is 11.3. The monoisotopic (exact) mass is 456 g/mol. The van der Waals surface area contributed by atoms with Gasteiger partial charge in [-0.15, -0.1) is 0 Å². The van der Waals surface area contributed by atoms with E-state index < -0.39 is 6.09 Å². The Morgan fingerprint density at radius 2 is 1.68 bits per heavy atom. The Kier molecular flexibility index (Phi) is 7.80. The third-order valence-electron chi connectivity index (χ3n) is 5.60. The second-order valence-corrected chi connectivity index (χ2v) is 8.26. The van der Waals surface area contributed by atoms with Crippen molar-refractivity contribution in [3.8, 4) is 5.75 Å². The summed E-state index contributed by atoms with van der Waals surface area (Å²) in [5.74, 6) is 0.541. The third-order valence-corrected chi connectivity index (χ3v) is 5.60. The lowest BCUT2D eigenvalue weighted by molar-refractivity contribution is 0.0876. The fraction of sp³-hybridized carbons (Fsp3) is 0.222. The molecule has 174 valence electrons. The highest BCUT2D eigenvalue weighted by Crippen LogP contribution is 2.17. The smallest absolute Gasteiger partial charge is 0.410 e. The van der Waals surface area contributed by atoms with Gasteiger partial charge in [-0.3, -0.25) is 20.0 Å². The molecule has 3 aromatic carbocycles. The van der Waals surface area contributed by atoms with E-state index in [1.165, 1.54) is 0 Å². The number of ether oxygens (including phenoxy) is 1. The Morgan fingerprint density at radius 1 is 0.941 bits per heavy atom. The van der Waals surface area contributed by atoms with Crippen molar-refractivity contribution in [2.45, 2.75) is 0 Å². The van der Waals surface area contributed by atoms with E-state index in [9.17, 15) is 9.59 Å². The number of nitrogens with one attached hydrogen (secondary N) is 1. The molecule has 0 bridgehead atoms. The van der Waals surface area contributed by atoms with Gasteiger partial charge in [-0.05, 0) is 61.1 Å². The molecule has 0 atom stereocenters. The summed E-state index contributed by atoms with van der Waals surface area (Å²) >= 11 is 0. The van der Waals surface area contributed by atoms with Gasteiger partial charge in [0.1, 0.15) is 5.75 Å². The maximum atomic E-state index is 12.7. The van der Waals surface area contributed by atoms with Crippen molar-refractivity contribution in [1.29, 1.82) is 0 Å². The summed E-state index contributed by atoms with van der Waals surface area (Å²) in [4.78, 5) is 33.7. The molecule has 7 heteroatoms. The average Bonchev–Trinajstić information content (AvgIpc) is 2.86. The maximum absolute atomic E-state index is 12.7. The van der Waals surface area contributed by atoms with E-state index in [1.807, 2.05) is 54.6 Å². The number of aliphatic imine (C=N–C) groups is 1. The molecule has 0 radical (unpaired) electrons. The predicted octanol–water partition coefficient (Wildman–Crippen LogP) is 4.48. The topological polar surface area (TPSA) is 74.2 Å². The summed E-state index contributed by atoms with van der Waals surface area (Å²) < 4.78 is 5.31. The molecule has 1 aliphatic heterocycles. The number of carbonyl (C=O) groups excluding carboxylic acids is 2. The molecule has 1 N–H and O–H groups in total. The quantitative estimate of drug-likeness (QED) is 0.419. The van der Waals surface area contributed by atoms with E-state index in [1.54, 1.807) is 30.5 Å². The van der Waals surface area contributed by atoms with Crippen LogP contribution in [0.2, 0.25) is 0 Å². The number of carbonyl (C=O) groups is 2. The minimum absolute atomic E-state index is 0.108. The lowest BCUT2D eigenvalue weighted by Crippen LogP contribution is -2.46. The number of piperazine rings is 1. The highest BCUT2D eigenvalue weighted by Gasteiger charge is 2.17. The third kappa shape index (κ3) is 6.84. The predicted molar refractivity (Wildman–Crippen MR) is 134 cm³/mol. The molecule has 7 nitrogen and oxygen atoms in total. The fourth-order valence-corrected chi connectivity index (χ4v) is 3.60. The first-order valence-electron chi connectivity index (χ1n) is 11.3. The molecule has 1 saturated heterocycles. The number of ketones is 1. The normalized spacial score (nSPS) is 14.7. The summed E-state index contributed by atoms with van der Waals surface area (Å²) in [5.41, 5.74) is 2.90. The van der Waals surface area contributed by atoms with Gasteiger partial charge in [0.25, 0.3) is 0 Å². The number of hydrogen-bond donors (Lipinski definition) is 1. The van der Waals surface area contributed by atoms with Crippen molar-refractivity contribution in [1.82, 2.24) is 9.80 Å². The molecule has 34 heavy (non-hydrogen) atoms. The molecular weight excluding hydrogens is 428 g/mol. The zero-order valence-corrected chi connectivity index (χ0v) is 19.2. The zero-order chi connectivity index (χ0) is 23.8. The second kappa shape index (κ2) is 11.4. The largest absolute Gasteiger partial charge is 0.417 e. The molecule has 4 rings (SSSR count). The van der Waals surface area contributed by atoms with Crippen molar-refractivity contribution < 1.29 is 14.3 Å². The second-order valence-electron chi connectivity index (χ2n) is 8.26. The number of anilines is 1. The first-order chi connectivity index (χ1) is 16.5. The number of rotatable bonds is 7. The molecule has 0 aliphatic carbocycles. The Bertz CT molecular complexity index is 1140. The lowest BCUT2D eigenvalue weighted by atomic mass is 10.1. The SMILES string of the molecule is CN1CCN(CC(=O)c2cccc(N=Cc3ccc(OC(=O)Nc4ccccc4)cc3)c2)CC1. The van der Waals surface area contributed by atoms with Gasteiger partial charge < -0.3 is 9.64 Å². The van der Waals surface area contributed by atoms with Crippen LogP contribution >= 0.6 is 0 Å². The van der Waals surface area contributed by atoms with Crippen LogP contribution in [0.5, 0.6) is 5.75 Å². The maximum Gasteiger partial charge on any atom is 0.417 e. The van der Waals surface area contributed by atoms with Crippen LogP contribution < -0.4 is 10.1 Å². The fourth-order valence-electron chi connectivity index (χ4n) is 3.60. The molecular formula is C27H28N4O3. The summed E-state index contributed by atoms with van der Waals surface area (Å²) in [5, 5.41) is 2.67. The first kappa shape index (κ1) is 23.4. The number of nitrogens with zero attached hydrogens (tertiary/aromatic N) is 3. The van der Waals surface area contributed by atoms with E-state index in [2.05, 4.69) is 27.2 Å². The van der Waals surface area contributed by atoms with E-state index in [0.717, 1.165) is 31.7 Å². The standard InChI is InChI=1S/C27H28N4O3/c1-30-14-16-31(17-15-30)20-26(32)22-6-5-9-24(18-22)28-19-21-10-12-25(13-11-21)34-27(33)29-23-7-3-2-4-8-23/h2-13,18-19H,14-17,20H2,1H3,(H,29,33). The van der Waals surface area contributed by atoms with Crippen molar-refractivity contribution >= 4 is 29.5 Å². The summed E-state index contributed by atoms with van der Waals surface area (Å²) in [6.07, 6.45) is 1.17. The van der Waals surface area contributed by atoms with Crippen LogP contribution in [-0.4, -0.2) is 67.7 Å². The lowest BCUT2D eigenvalue weighted by Gasteiger charge is -2.31. The molecule has 1 fully saturated rings. The van der Waals surface area contributed by atoms with Crippen molar-refractivity contribution in [2.24, 2.45) is 4.99 Å². The van der Waals surface area contributed by atoms with Crippen molar-refractivity contribution in [3.63, 3.8) is 0 Å². The number of hydrogen-bond acceptors (Lipinski definition) is 6. The summed E-state index contributed by atoms with van der Waals surface area (Å²) in [6.45, 7) is 4.22. The van der Waals surface area contributed by atoms with Gasteiger partial charge in [0.15, 0.2) is 5.78 Å². The van der Waals surface area contributed by atoms with Crippen LogP contribution in [0.4, 0.5) is 16.2 Å². The Labute approximate surface area is 199 Å². The number of para-hydroxylation sites is 1. The molecule has 1 amide bonds. The number of amides is 1. The van der Waals surface area contributed by atoms with Gasteiger partial charge in [0, 0.05) is 43.6 Å². The van der Waals surface area contributed by atoms with Gasteiger partial charge in [-0.1, -0.05) is 30.3 Å². The molecule has 3 aromatic rings. The molecule has 0 aromatic heterocycles. The molecule has 1 aliphatic rings. The van der Waals surface area contributed by atoms with Gasteiger partial charge in [0.2, 0.25) is 0 Å². The van der Waals surface area contributed by atoms with E-state index in [4.69, 9.17) is 4.74 Å². The van der Waals surface area contributed by atoms with Crippen LogP contribution in [0.15, 0.2) is 83.9 Å². The number of Topliss-reactive ketones (excluding diaryl/α,β-unsaturated/α-hetero) is 1. The molecule has 0 spiro atoms. The van der Waals surface area contributed by atoms with E-state index in [0.29, 0.717) is 29.2 Å². The van der Waals surface area contributed by atoms with Gasteiger partial charge in [-0.25, -0.2) is 4.79 Å². The van der Waals surface area contributed by atoms with Crippen molar-refractivity contribution in [3.05, 3.63) is 90.0 Å². The van der Waals surface area contributed by atoms with Crippen LogP contribution in [-0.2, 0) is 0 Å². The van der Waals surface area contributed by atoms with Crippen LogP contribution in [0.1, 0.15) is 15.9 Å². The van der Waals surface area contributed by atoms with Crippen LogP contribution in [0, 0.1) is 0 Å². The molecule has 1 heterocycles. The minimum Gasteiger partial charge on any atom is -0.410 e. The van der Waals surface area contributed by atoms with Crippen molar-refractivity contribution in [2.75, 3.05) is 45.1 Å². The van der Waals surface area contributed by atoms with Crippen LogP contribution in [0.3, 0.4) is 0 Å². The minimum atomic E-state index is -0.550. The van der Waals surface area contributed by atoms with Gasteiger partial charge >= 0.3 is 6.09 Å². The molecule has 0 saturated carbocycles. The Balaban J connectivity index is 1.31. The summed E-state index contributed by atoms with van der Waals surface area (Å²) in [6, 6.07) is 23.6. The average molecular weight is 457 g/mol.